The molecule has 2 heterocycles. The fourth-order valence-corrected chi connectivity index (χ4v) is 3.75. The van der Waals surface area contributed by atoms with E-state index in [9.17, 15) is 18.0 Å². The van der Waals surface area contributed by atoms with Crippen molar-refractivity contribution >= 4 is 34.5 Å². The number of halogens is 4. The number of anilines is 1. The van der Waals surface area contributed by atoms with Crippen molar-refractivity contribution < 1.29 is 17.6 Å². The molecule has 0 bridgehead atoms. The van der Waals surface area contributed by atoms with Crippen molar-refractivity contribution in [2.75, 3.05) is 5.43 Å². The van der Waals surface area contributed by atoms with Crippen LogP contribution in [0.15, 0.2) is 99.4 Å². The van der Waals surface area contributed by atoms with E-state index in [1.54, 1.807) is 35.1 Å². The number of aromatic nitrogens is 2. The molecular formula is C26H16ClF3N4O2. The minimum atomic E-state index is -4.53. The molecule has 0 radical (unpaired) electrons. The van der Waals surface area contributed by atoms with E-state index in [-0.39, 0.29) is 16.3 Å². The van der Waals surface area contributed by atoms with Crippen molar-refractivity contribution in [3.8, 4) is 16.9 Å². The van der Waals surface area contributed by atoms with Gasteiger partial charge in [0.15, 0.2) is 0 Å². The van der Waals surface area contributed by atoms with Crippen LogP contribution in [0, 0.1) is 0 Å². The van der Waals surface area contributed by atoms with Crippen molar-refractivity contribution in [1.29, 1.82) is 0 Å². The largest absolute Gasteiger partial charge is 0.422 e. The molecule has 0 aliphatic heterocycles. The molecule has 0 atom stereocenters. The summed E-state index contributed by atoms with van der Waals surface area (Å²) in [6.45, 7) is 0. The Labute approximate surface area is 207 Å². The van der Waals surface area contributed by atoms with Crippen LogP contribution >= 0.6 is 11.6 Å². The van der Waals surface area contributed by atoms with E-state index in [0.29, 0.717) is 22.2 Å². The number of fused-ring (bicyclic) bond motifs is 1. The highest BCUT2D eigenvalue weighted by molar-refractivity contribution is 6.33. The smallest absolute Gasteiger partial charge is 0.416 e. The lowest BCUT2D eigenvalue weighted by Gasteiger charge is -2.09. The van der Waals surface area contributed by atoms with Crippen molar-refractivity contribution in [3.63, 3.8) is 0 Å². The van der Waals surface area contributed by atoms with Gasteiger partial charge in [-0.3, -0.25) is 5.43 Å². The summed E-state index contributed by atoms with van der Waals surface area (Å²) in [5, 5.41) is 9.41. The number of alkyl halides is 3. The second kappa shape index (κ2) is 9.35. The van der Waals surface area contributed by atoms with Crippen LogP contribution < -0.4 is 11.1 Å². The number of nitrogens with zero attached hydrogens (tertiary/aromatic N) is 3. The van der Waals surface area contributed by atoms with E-state index < -0.39 is 17.4 Å². The van der Waals surface area contributed by atoms with Gasteiger partial charge in [0, 0.05) is 17.1 Å². The summed E-state index contributed by atoms with van der Waals surface area (Å²) in [6, 6.07) is 20.9. The Morgan fingerprint density at radius 1 is 1.00 bits per heavy atom. The maximum Gasteiger partial charge on any atom is 0.416 e. The third-order valence-corrected chi connectivity index (χ3v) is 5.67. The average molecular weight is 509 g/mol. The molecule has 0 unspecified atom stereocenters. The van der Waals surface area contributed by atoms with Gasteiger partial charge in [0.25, 0.3) is 0 Å². The van der Waals surface area contributed by atoms with E-state index in [1.165, 1.54) is 6.21 Å². The zero-order chi connectivity index (χ0) is 25.3. The van der Waals surface area contributed by atoms with Crippen molar-refractivity contribution in [1.82, 2.24) is 9.78 Å². The van der Waals surface area contributed by atoms with E-state index >= 15 is 0 Å². The van der Waals surface area contributed by atoms with Crippen molar-refractivity contribution in [2.45, 2.75) is 6.18 Å². The summed E-state index contributed by atoms with van der Waals surface area (Å²) in [6.07, 6.45) is -1.52. The Balaban J connectivity index is 1.56. The number of nitrogens with one attached hydrogen (secondary N) is 1. The molecule has 1 N–H and O–H groups in total. The minimum absolute atomic E-state index is 0.0232. The van der Waals surface area contributed by atoms with Crippen molar-refractivity contribution in [3.05, 3.63) is 112 Å². The van der Waals surface area contributed by atoms with Crippen LogP contribution in [0.25, 0.3) is 27.9 Å². The monoisotopic (exact) mass is 508 g/mol. The van der Waals surface area contributed by atoms with E-state index in [1.807, 2.05) is 36.4 Å². The maximum atomic E-state index is 13.1. The Hall–Kier alpha value is -4.37. The summed E-state index contributed by atoms with van der Waals surface area (Å²) in [5.41, 5.74) is 3.17. The van der Waals surface area contributed by atoms with Crippen LogP contribution in [0.4, 0.5) is 18.9 Å². The molecule has 2 aromatic heterocycles. The SMILES string of the molecule is O=c1oc2ccccc2cc1-c1nn(-c2ccccc2)cc1/C=N/Nc1cc(C(F)(F)F)ccc1Cl. The molecule has 0 fully saturated rings. The standard InChI is InChI=1S/C26H16ClF3N4O2/c27-21-11-10-18(26(28,29)30)13-22(21)32-31-14-17-15-34(19-7-2-1-3-8-19)33-24(17)20-12-16-6-4-5-9-23(16)36-25(20)35/h1-15,32H/b31-14+. The summed E-state index contributed by atoms with van der Waals surface area (Å²) < 4.78 is 46.3. The second-order valence-corrected chi connectivity index (χ2v) is 8.17. The third kappa shape index (κ3) is 4.73. The lowest BCUT2D eigenvalue weighted by atomic mass is 10.1. The van der Waals surface area contributed by atoms with Gasteiger partial charge in [0.05, 0.1) is 33.7 Å². The molecule has 0 saturated carbocycles. The first-order valence-corrected chi connectivity index (χ1v) is 11.0. The summed E-state index contributed by atoms with van der Waals surface area (Å²) in [7, 11) is 0. The van der Waals surface area contributed by atoms with Crippen LogP contribution in [-0.2, 0) is 6.18 Å². The summed E-state index contributed by atoms with van der Waals surface area (Å²) >= 11 is 6.04. The number of hydrogen-bond acceptors (Lipinski definition) is 5. The molecule has 0 saturated heterocycles. The first-order valence-electron chi connectivity index (χ1n) is 10.6. The fraction of sp³-hybridized carbons (Fsp3) is 0.0385. The van der Waals surface area contributed by atoms with Gasteiger partial charge in [-0.05, 0) is 42.5 Å². The summed E-state index contributed by atoms with van der Waals surface area (Å²) in [4.78, 5) is 12.8. The molecule has 3 aromatic carbocycles. The highest BCUT2D eigenvalue weighted by Gasteiger charge is 2.31. The maximum absolute atomic E-state index is 13.1. The van der Waals surface area contributed by atoms with Gasteiger partial charge in [-0.1, -0.05) is 48.0 Å². The molecule has 6 nitrogen and oxygen atoms in total. The molecule has 10 heteroatoms. The molecule has 0 aliphatic rings. The highest BCUT2D eigenvalue weighted by Crippen LogP contribution is 2.34. The highest BCUT2D eigenvalue weighted by atomic mass is 35.5. The number of benzene rings is 3. The number of para-hydroxylation sites is 2. The Morgan fingerprint density at radius 2 is 1.75 bits per heavy atom. The normalized spacial score (nSPS) is 11.9. The lowest BCUT2D eigenvalue weighted by Crippen LogP contribution is -2.06. The predicted octanol–water partition coefficient (Wildman–Crippen LogP) is 6.76. The molecule has 0 spiro atoms. The molecular weight excluding hydrogens is 493 g/mol. The van der Waals surface area contributed by atoms with Crippen molar-refractivity contribution in [2.24, 2.45) is 5.10 Å². The van der Waals surface area contributed by atoms with Gasteiger partial charge in [0.2, 0.25) is 0 Å². The molecule has 0 aliphatic carbocycles. The Kier molecular flexibility index (Phi) is 6.07. The van der Waals surface area contributed by atoms with Gasteiger partial charge in [0.1, 0.15) is 11.3 Å². The molecule has 180 valence electrons. The zero-order valence-electron chi connectivity index (χ0n) is 18.3. The van der Waals surface area contributed by atoms with Gasteiger partial charge in [-0.15, -0.1) is 0 Å². The topological polar surface area (TPSA) is 72.4 Å². The third-order valence-electron chi connectivity index (χ3n) is 5.34. The van der Waals surface area contributed by atoms with Crippen LogP contribution in [0.5, 0.6) is 0 Å². The second-order valence-electron chi connectivity index (χ2n) is 7.76. The van der Waals surface area contributed by atoms with Gasteiger partial charge >= 0.3 is 11.8 Å². The predicted molar refractivity (Wildman–Crippen MR) is 133 cm³/mol. The number of rotatable bonds is 5. The van der Waals surface area contributed by atoms with Crippen LogP contribution in [0.2, 0.25) is 5.02 Å². The quantitative estimate of drug-likeness (QED) is 0.162. The number of hydrazone groups is 1. The first kappa shape index (κ1) is 23.4. The van der Waals surface area contributed by atoms with Gasteiger partial charge in [-0.25, -0.2) is 9.48 Å². The number of hydrogen-bond donors (Lipinski definition) is 1. The Bertz CT molecular complexity index is 1640. The molecule has 5 rings (SSSR count). The lowest BCUT2D eigenvalue weighted by molar-refractivity contribution is -0.137. The zero-order valence-corrected chi connectivity index (χ0v) is 19.1. The average Bonchev–Trinajstić information content (AvgIpc) is 3.28. The summed E-state index contributed by atoms with van der Waals surface area (Å²) in [5.74, 6) is 0. The van der Waals surface area contributed by atoms with E-state index in [0.717, 1.165) is 23.9 Å². The Morgan fingerprint density at radius 3 is 2.53 bits per heavy atom. The van der Waals surface area contributed by atoms with Crippen LogP contribution in [-0.4, -0.2) is 16.0 Å². The van der Waals surface area contributed by atoms with Gasteiger partial charge < -0.3 is 4.42 Å². The van der Waals surface area contributed by atoms with E-state index in [2.05, 4.69) is 15.6 Å². The molecule has 0 amide bonds. The van der Waals surface area contributed by atoms with Crippen LogP contribution in [0.1, 0.15) is 11.1 Å². The fourth-order valence-electron chi connectivity index (χ4n) is 3.59. The molecule has 36 heavy (non-hydrogen) atoms. The minimum Gasteiger partial charge on any atom is -0.422 e. The van der Waals surface area contributed by atoms with Gasteiger partial charge in [-0.2, -0.15) is 23.4 Å². The van der Waals surface area contributed by atoms with Crippen LogP contribution in [0.3, 0.4) is 0 Å². The first-order chi connectivity index (χ1) is 17.3. The van der Waals surface area contributed by atoms with E-state index in [4.69, 9.17) is 16.0 Å². The molecule has 5 aromatic rings.